The second-order valence-electron chi connectivity index (χ2n) is 2.73. The summed E-state index contributed by atoms with van der Waals surface area (Å²) < 4.78 is 1.77. The van der Waals surface area contributed by atoms with E-state index in [0.717, 1.165) is 24.2 Å². The smallest absolute Gasteiger partial charge is 0.166 e. The van der Waals surface area contributed by atoms with Crippen LogP contribution in [0.1, 0.15) is 23.2 Å². The first kappa shape index (κ1) is 7.91. The van der Waals surface area contributed by atoms with Gasteiger partial charge in [0.15, 0.2) is 11.9 Å². The molecule has 0 fully saturated rings. The molecule has 0 aliphatic carbocycles. The summed E-state index contributed by atoms with van der Waals surface area (Å²) in [6.45, 7) is 1.98. The van der Waals surface area contributed by atoms with Crippen molar-refractivity contribution in [3.8, 4) is 0 Å². The standard InChI is InChI=1S/C9H9N3O/c1-2-8-10-11-9-5-3-4-7(6-13)12(8)9/h3-6H,2H2,1H3. The van der Waals surface area contributed by atoms with Gasteiger partial charge in [-0.2, -0.15) is 0 Å². The summed E-state index contributed by atoms with van der Waals surface area (Å²) in [5.74, 6) is 0.817. The highest BCUT2D eigenvalue weighted by Gasteiger charge is 2.05. The number of aromatic nitrogens is 3. The first-order valence-corrected chi connectivity index (χ1v) is 4.15. The highest BCUT2D eigenvalue weighted by atomic mass is 16.1. The molecule has 2 aromatic rings. The average molecular weight is 175 g/mol. The molecule has 0 radical (unpaired) electrons. The molecule has 0 amide bonds. The van der Waals surface area contributed by atoms with E-state index in [4.69, 9.17) is 0 Å². The Hall–Kier alpha value is -1.71. The third-order valence-electron chi connectivity index (χ3n) is 1.96. The average Bonchev–Trinajstić information content (AvgIpc) is 2.60. The minimum atomic E-state index is 0.597. The molecule has 4 nitrogen and oxygen atoms in total. The number of rotatable bonds is 2. The van der Waals surface area contributed by atoms with Crippen LogP contribution in [0.2, 0.25) is 0 Å². The van der Waals surface area contributed by atoms with E-state index in [2.05, 4.69) is 10.2 Å². The largest absolute Gasteiger partial charge is 0.296 e. The van der Waals surface area contributed by atoms with Gasteiger partial charge in [0.1, 0.15) is 5.82 Å². The summed E-state index contributed by atoms with van der Waals surface area (Å²) >= 11 is 0. The lowest BCUT2D eigenvalue weighted by molar-refractivity contribution is 0.111. The number of hydrogen-bond acceptors (Lipinski definition) is 3. The Balaban J connectivity index is 2.83. The maximum absolute atomic E-state index is 10.7. The topological polar surface area (TPSA) is 47.3 Å². The van der Waals surface area contributed by atoms with E-state index in [1.807, 2.05) is 13.0 Å². The minimum absolute atomic E-state index is 0.597. The van der Waals surface area contributed by atoms with Crippen LogP contribution in [0.5, 0.6) is 0 Å². The SMILES string of the molecule is CCc1nnc2cccc(C=O)n12. The van der Waals surface area contributed by atoms with Crippen LogP contribution in [0.25, 0.3) is 5.65 Å². The summed E-state index contributed by atoms with van der Waals surface area (Å²) in [6.07, 6.45) is 1.58. The first-order chi connectivity index (χ1) is 6.36. The molecule has 0 saturated carbocycles. The van der Waals surface area contributed by atoms with Crippen molar-refractivity contribution in [1.29, 1.82) is 0 Å². The van der Waals surface area contributed by atoms with Gasteiger partial charge >= 0.3 is 0 Å². The molecule has 2 aromatic heterocycles. The van der Waals surface area contributed by atoms with Gasteiger partial charge in [-0.1, -0.05) is 13.0 Å². The Bertz CT molecular complexity index is 447. The number of fused-ring (bicyclic) bond motifs is 1. The number of carbonyl (C=O) groups excluding carboxylic acids is 1. The van der Waals surface area contributed by atoms with Crippen molar-refractivity contribution >= 4 is 11.9 Å². The van der Waals surface area contributed by atoms with E-state index in [1.165, 1.54) is 0 Å². The van der Waals surface area contributed by atoms with E-state index in [0.29, 0.717) is 5.69 Å². The molecule has 4 heteroatoms. The number of nitrogens with zero attached hydrogens (tertiary/aromatic N) is 3. The Morgan fingerprint density at radius 3 is 3.00 bits per heavy atom. The predicted octanol–water partition coefficient (Wildman–Crippen LogP) is 1.10. The number of carbonyl (C=O) groups is 1. The van der Waals surface area contributed by atoms with Gasteiger partial charge in [-0.3, -0.25) is 9.20 Å². The van der Waals surface area contributed by atoms with Crippen LogP contribution in [-0.2, 0) is 6.42 Å². The lowest BCUT2D eigenvalue weighted by atomic mass is 10.3. The number of hydrogen-bond donors (Lipinski definition) is 0. The zero-order chi connectivity index (χ0) is 9.26. The van der Waals surface area contributed by atoms with Crippen LogP contribution in [0.15, 0.2) is 18.2 Å². The molecule has 0 N–H and O–H groups in total. The molecule has 13 heavy (non-hydrogen) atoms. The monoisotopic (exact) mass is 175 g/mol. The number of aryl methyl sites for hydroxylation is 1. The van der Waals surface area contributed by atoms with Gasteiger partial charge in [0.2, 0.25) is 0 Å². The predicted molar refractivity (Wildman–Crippen MR) is 47.8 cm³/mol. The summed E-state index contributed by atoms with van der Waals surface area (Å²) in [6, 6.07) is 5.38. The fourth-order valence-electron chi connectivity index (χ4n) is 1.35. The van der Waals surface area contributed by atoms with Crippen molar-refractivity contribution in [2.45, 2.75) is 13.3 Å². The molecular weight excluding hydrogens is 166 g/mol. The van der Waals surface area contributed by atoms with Gasteiger partial charge < -0.3 is 0 Å². The Morgan fingerprint density at radius 1 is 1.46 bits per heavy atom. The highest BCUT2D eigenvalue weighted by Crippen LogP contribution is 2.06. The summed E-state index contributed by atoms with van der Waals surface area (Å²) in [5.41, 5.74) is 1.32. The second kappa shape index (κ2) is 2.97. The highest BCUT2D eigenvalue weighted by molar-refractivity contribution is 5.73. The molecule has 66 valence electrons. The van der Waals surface area contributed by atoms with Crippen LogP contribution >= 0.6 is 0 Å². The van der Waals surface area contributed by atoms with Crippen LogP contribution in [0, 0.1) is 0 Å². The summed E-state index contributed by atoms with van der Waals surface area (Å²) in [7, 11) is 0. The zero-order valence-corrected chi connectivity index (χ0v) is 7.27. The molecule has 2 heterocycles. The molecule has 2 rings (SSSR count). The summed E-state index contributed by atoms with van der Waals surface area (Å²) in [5, 5.41) is 7.93. The fraction of sp³-hybridized carbons (Fsp3) is 0.222. The lowest BCUT2D eigenvalue weighted by Crippen LogP contribution is -1.99. The molecule has 0 bridgehead atoms. The minimum Gasteiger partial charge on any atom is -0.296 e. The van der Waals surface area contributed by atoms with Gasteiger partial charge in [0.25, 0.3) is 0 Å². The fourth-order valence-corrected chi connectivity index (χ4v) is 1.35. The molecule has 0 saturated heterocycles. The van der Waals surface area contributed by atoms with Gasteiger partial charge in [0.05, 0.1) is 5.69 Å². The zero-order valence-electron chi connectivity index (χ0n) is 7.27. The lowest BCUT2D eigenvalue weighted by Gasteiger charge is -1.98. The Kier molecular flexibility index (Phi) is 1.81. The van der Waals surface area contributed by atoms with Crippen molar-refractivity contribution in [1.82, 2.24) is 14.6 Å². The molecule has 0 unspecified atom stereocenters. The molecular formula is C9H9N3O. The third-order valence-corrected chi connectivity index (χ3v) is 1.96. The van der Waals surface area contributed by atoms with E-state index in [-0.39, 0.29) is 0 Å². The van der Waals surface area contributed by atoms with Crippen molar-refractivity contribution < 1.29 is 4.79 Å². The number of aldehydes is 1. The maximum atomic E-state index is 10.7. The molecule has 0 aliphatic rings. The van der Waals surface area contributed by atoms with Crippen LogP contribution in [0.3, 0.4) is 0 Å². The quantitative estimate of drug-likeness (QED) is 0.642. The van der Waals surface area contributed by atoms with E-state index < -0.39 is 0 Å². The van der Waals surface area contributed by atoms with Gasteiger partial charge in [-0.05, 0) is 12.1 Å². The molecule has 0 spiro atoms. The van der Waals surface area contributed by atoms with Crippen molar-refractivity contribution in [3.05, 3.63) is 29.7 Å². The van der Waals surface area contributed by atoms with Crippen LogP contribution in [0.4, 0.5) is 0 Å². The second-order valence-corrected chi connectivity index (χ2v) is 2.73. The molecule has 0 aromatic carbocycles. The Labute approximate surface area is 75.2 Å². The van der Waals surface area contributed by atoms with E-state index in [9.17, 15) is 4.79 Å². The van der Waals surface area contributed by atoms with E-state index >= 15 is 0 Å². The first-order valence-electron chi connectivity index (χ1n) is 4.15. The third kappa shape index (κ3) is 1.11. The van der Waals surface area contributed by atoms with Crippen molar-refractivity contribution in [3.63, 3.8) is 0 Å². The molecule has 0 aliphatic heterocycles. The maximum Gasteiger partial charge on any atom is 0.166 e. The van der Waals surface area contributed by atoms with E-state index in [1.54, 1.807) is 16.5 Å². The van der Waals surface area contributed by atoms with Gasteiger partial charge in [0, 0.05) is 6.42 Å². The molecule has 0 atom stereocenters. The van der Waals surface area contributed by atoms with Crippen LogP contribution < -0.4 is 0 Å². The summed E-state index contributed by atoms with van der Waals surface area (Å²) in [4.78, 5) is 10.7. The van der Waals surface area contributed by atoms with Crippen molar-refractivity contribution in [2.75, 3.05) is 0 Å². The van der Waals surface area contributed by atoms with Crippen LogP contribution in [-0.4, -0.2) is 20.9 Å². The number of pyridine rings is 1. The normalized spacial score (nSPS) is 10.5. The van der Waals surface area contributed by atoms with Crippen molar-refractivity contribution in [2.24, 2.45) is 0 Å². The van der Waals surface area contributed by atoms with Gasteiger partial charge in [-0.25, -0.2) is 0 Å². The van der Waals surface area contributed by atoms with Gasteiger partial charge in [-0.15, -0.1) is 10.2 Å². The Morgan fingerprint density at radius 2 is 2.31 bits per heavy atom.